The Kier molecular flexibility index (Phi) is 6.05. The lowest BCUT2D eigenvalue weighted by atomic mass is 10.0. The first kappa shape index (κ1) is 17.6. The lowest BCUT2D eigenvalue weighted by Crippen LogP contribution is -2.26. The third-order valence-electron chi connectivity index (χ3n) is 3.78. The van der Waals surface area contributed by atoms with Gasteiger partial charge in [0.05, 0.1) is 11.7 Å². The molecule has 0 heterocycles. The van der Waals surface area contributed by atoms with Crippen LogP contribution in [0.5, 0.6) is 0 Å². The first-order valence-electron chi connectivity index (χ1n) is 7.66. The molecular formula is C19H19FN2O2. The average Bonchev–Trinajstić information content (AvgIpc) is 2.61. The van der Waals surface area contributed by atoms with Crippen molar-refractivity contribution >= 4 is 5.91 Å². The number of carbonyl (C=O) groups is 1. The molecule has 2 rings (SSSR count). The van der Waals surface area contributed by atoms with E-state index in [0.29, 0.717) is 17.7 Å². The van der Waals surface area contributed by atoms with Crippen molar-refractivity contribution in [3.63, 3.8) is 0 Å². The molecule has 0 saturated heterocycles. The van der Waals surface area contributed by atoms with Gasteiger partial charge >= 0.3 is 0 Å². The summed E-state index contributed by atoms with van der Waals surface area (Å²) < 4.78 is 18.6. The largest absolute Gasteiger partial charge is 0.382 e. The van der Waals surface area contributed by atoms with Crippen LogP contribution in [0, 0.1) is 17.1 Å². The predicted octanol–water partition coefficient (Wildman–Crippen LogP) is 3.52. The number of nitriles is 1. The number of halogens is 1. The predicted molar refractivity (Wildman–Crippen MR) is 90.0 cm³/mol. The SMILES string of the molecule is COC(C)CCNC(=O)c1cccc(-c2ccc(F)c(C#N)c2)c1. The Bertz CT molecular complexity index is 768. The summed E-state index contributed by atoms with van der Waals surface area (Å²) in [5.41, 5.74) is 1.94. The van der Waals surface area contributed by atoms with Crippen LogP contribution in [0.2, 0.25) is 0 Å². The van der Waals surface area contributed by atoms with Gasteiger partial charge in [-0.25, -0.2) is 4.39 Å². The summed E-state index contributed by atoms with van der Waals surface area (Å²) in [6.07, 6.45) is 0.811. The van der Waals surface area contributed by atoms with Crippen molar-refractivity contribution in [2.75, 3.05) is 13.7 Å². The Morgan fingerprint density at radius 3 is 2.75 bits per heavy atom. The number of ether oxygens (including phenoxy) is 1. The Morgan fingerprint density at radius 1 is 1.29 bits per heavy atom. The van der Waals surface area contributed by atoms with E-state index >= 15 is 0 Å². The molecule has 0 aromatic heterocycles. The zero-order valence-electron chi connectivity index (χ0n) is 13.7. The van der Waals surface area contributed by atoms with E-state index in [0.717, 1.165) is 12.0 Å². The van der Waals surface area contributed by atoms with Crippen LogP contribution < -0.4 is 5.32 Å². The second-order valence-electron chi connectivity index (χ2n) is 5.48. The van der Waals surface area contributed by atoms with Crippen molar-refractivity contribution in [3.8, 4) is 17.2 Å². The normalized spacial score (nSPS) is 11.6. The van der Waals surface area contributed by atoms with E-state index in [1.807, 2.05) is 19.1 Å². The Hall–Kier alpha value is -2.71. The quantitative estimate of drug-likeness (QED) is 0.883. The highest BCUT2D eigenvalue weighted by molar-refractivity contribution is 5.95. The minimum absolute atomic E-state index is 0.0177. The van der Waals surface area contributed by atoms with Crippen molar-refractivity contribution in [2.45, 2.75) is 19.4 Å². The third-order valence-corrected chi connectivity index (χ3v) is 3.78. The van der Waals surface area contributed by atoms with Gasteiger partial charge in [-0.1, -0.05) is 18.2 Å². The van der Waals surface area contributed by atoms with Crippen molar-refractivity contribution in [2.24, 2.45) is 0 Å². The fourth-order valence-corrected chi connectivity index (χ4v) is 2.24. The molecule has 0 aliphatic rings. The van der Waals surface area contributed by atoms with Crippen LogP contribution in [0.25, 0.3) is 11.1 Å². The van der Waals surface area contributed by atoms with E-state index < -0.39 is 5.82 Å². The van der Waals surface area contributed by atoms with Crippen LogP contribution >= 0.6 is 0 Å². The van der Waals surface area contributed by atoms with Gasteiger partial charge in [0.2, 0.25) is 0 Å². The lowest BCUT2D eigenvalue weighted by molar-refractivity contribution is 0.0918. The minimum atomic E-state index is -0.553. The fraction of sp³-hybridized carbons (Fsp3) is 0.263. The highest BCUT2D eigenvalue weighted by Gasteiger charge is 2.09. The first-order chi connectivity index (χ1) is 11.5. The number of methoxy groups -OCH3 is 1. The molecule has 124 valence electrons. The summed E-state index contributed by atoms with van der Waals surface area (Å²) in [5.74, 6) is -0.731. The maximum atomic E-state index is 13.4. The molecule has 1 atom stereocenters. The summed E-state index contributed by atoms with van der Waals surface area (Å²) in [5, 5.41) is 11.8. The number of benzene rings is 2. The lowest BCUT2D eigenvalue weighted by Gasteiger charge is -2.11. The first-order valence-corrected chi connectivity index (χ1v) is 7.66. The number of hydrogen-bond acceptors (Lipinski definition) is 3. The molecule has 0 bridgehead atoms. The van der Waals surface area contributed by atoms with Crippen molar-refractivity contribution in [1.82, 2.24) is 5.32 Å². The molecule has 0 aliphatic heterocycles. The van der Waals surface area contributed by atoms with Crippen molar-refractivity contribution in [1.29, 1.82) is 5.26 Å². The molecule has 1 unspecified atom stereocenters. The van der Waals surface area contributed by atoms with Gasteiger partial charge in [0.25, 0.3) is 5.91 Å². The second-order valence-corrected chi connectivity index (χ2v) is 5.48. The molecule has 2 aromatic carbocycles. The molecule has 2 aromatic rings. The fourth-order valence-electron chi connectivity index (χ4n) is 2.24. The summed E-state index contributed by atoms with van der Waals surface area (Å²) >= 11 is 0. The topological polar surface area (TPSA) is 62.1 Å². The molecule has 0 saturated carbocycles. The van der Waals surface area contributed by atoms with Gasteiger partial charge < -0.3 is 10.1 Å². The number of rotatable bonds is 6. The van der Waals surface area contributed by atoms with Gasteiger partial charge in [-0.05, 0) is 48.7 Å². The molecule has 1 N–H and O–H groups in total. The number of hydrogen-bond donors (Lipinski definition) is 1. The minimum Gasteiger partial charge on any atom is -0.382 e. The van der Waals surface area contributed by atoms with Crippen LogP contribution in [-0.4, -0.2) is 25.7 Å². The molecule has 24 heavy (non-hydrogen) atoms. The summed E-state index contributed by atoms with van der Waals surface area (Å²) in [7, 11) is 1.63. The van der Waals surface area contributed by atoms with E-state index in [9.17, 15) is 9.18 Å². The van der Waals surface area contributed by atoms with Crippen LogP contribution in [0.15, 0.2) is 42.5 Å². The molecule has 1 amide bonds. The van der Waals surface area contributed by atoms with Crippen molar-refractivity contribution in [3.05, 3.63) is 59.4 Å². The summed E-state index contributed by atoms with van der Waals surface area (Å²) in [6.45, 7) is 2.46. The molecule has 0 radical (unpaired) electrons. The monoisotopic (exact) mass is 326 g/mol. The Balaban J connectivity index is 2.14. The standard InChI is InChI=1S/C19H19FN2O2/c1-13(24-2)8-9-22-19(23)16-5-3-4-14(10-16)15-6-7-18(20)17(11-15)12-21/h3-7,10-11,13H,8-9H2,1-2H3,(H,22,23). The highest BCUT2D eigenvalue weighted by atomic mass is 19.1. The molecule has 5 heteroatoms. The number of carbonyl (C=O) groups excluding carboxylic acids is 1. The maximum Gasteiger partial charge on any atom is 0.251 e. The Labute approximate surface area is 140 Å². The van der Waals surface area contributed by atoms with E-state index in [1.165, 1.54) is 12.1 Å². The zero-order chi connectivity index (χ0) is 17.5. The summed E-state index contributed by atoms with van der Waals surface area (Å²) in [4.78, 5) is 12.2. The van der Waals surface area contributed by atoms with E-state index in [2.05, 4.69) is 5.32 Å². The highest BCUT2D eigenvalue weighted by Crippen LogP contribution is 2.23. The van der Waals surface area contributed by atoms with Gasteiger partial charge in [-0.3, -0.25) is 4.79 Å². The van der Waals surface area contributed by atoms with Crippen molar-refractivity contribution < 1.29 is 13.9 Å². The van der Waals surface area contributed by atoms with Gasteiger partial charge in [0.1, 0.15) is 11.9 Å². The van der Waals surface area contributed by atoms with Crippen LogP contribution in [0.3, 0.4) is 0 Å². The Morgan fingerprint density at radius 2 is 2.04 bits per heavy atom. The molecule has 0 spiro atoms. The van der Waals surface area contributed by atoms with Gasteiger partial charge in [0.15, 0.2) is 0 Å². The molecular weight excluding hydrogens is 307 g/mol. The van der Waals surface area contributed by atoms with Crippen LogP contribution in [0.4, 0.5) is 4.39 Å². The van der Waals surface area contributed by atoms with Crippen LogP contribution in [0.1, 0.15) is 29.3 Å². The van der Waals surface area contributed by atoms with Gasteiger partial charge in [0, 0.05) is 19.2 Å². The molecule has 4 nitrogen and oxygen atoms in total. The number of nitrogens with zero attached hydrogens (tertiary/aromatic N) is 1. The van der Waals surface area contributed by atoms with Gasteiger partial charge in [-0.15, -0.1) is 0 Å². The van der Waals surface area contributed by atoms with E-state index in [-0.39, 0.29) is 17.6 Å². The smallest absolute Gasteiger partial charge is 0.251 e. The maximum absolute atomic E-state index is 13.4. The third kappa shape index (κ3) is 4.40. The number of nitrogens with one attached hydrogen (secondary N) is 1. The molecule has 0 fully saturated rings. The zero-order valence-corrected chi connectivity index (χ0v) is 13.7. The second kappa shape index (κ2) is 8.23. The summed E-state index contributed by atoms with van der Waals surface area (Å²) in [6, 6.07) is 13.2. The average molecular weight is 326 g/mol. The van der Waals surface area contributed by atoms with E-state index in [4.69, 9.17) is 10.00 Å². The van der Waals surface area contributed by atoms with Crippen LogP contribution in [-0.2, 0) is 4.74 Å². The van der Waals surface area contributed by atoms with Gasteiger partial charge in [-0.2, -0.15) is 5.26 Å². The van der Waals surface area contributed by atoms with E-state index in [1.54, 1.807) is 31.4 Å². The number of amides is 1. The molecule has 0 aliphatic carbocycles.